The Morgan fingerprint density at radius 3 is 2.06 bits per heavy atom. The lowest BCUT2D eigenvalue weighted by molar-refractivity contribution is 0.0223. The van der Waals surface area contributed by atoms with Crippen molar-refractivity contribution < 1.29 is 0 Å². The number of nitrogens with zero attached hydrogens (tertiary/aromatic N) is 3. The Bertz CT molecular complexity index is 737. The summed E-state index contributed by atoms with van der Waals surface area (Å²) < 4.78 is 0. The summed E-state index contributed by atoms with van der Waals surface area (Å²) in [5, 5.41) is 2.73. The maximum Gasteiger partial charge on any atom is 0.0351 e. The fourth-order valence-corrected chi connectivity index (χ4v) is 7.96. The molecule has 33 heavy (non-hydrogen) atoms. The van der Waals surface area contributed by atoms with Gasteiger partial charge in [0.05, 0.1) is 0 Å². The molecule has 4 saturated carbocycles. The fourth-order valence-electron chi connectivity index (χ4n) is 7.96. The van der Waals surface area contributed by atoms with Crippen LogP contribution in [-0.2, 0) is 0 Å². The van der Waals surface area contributed by atoms with Gasteiger partial charge in [-0.15, -0.1) is 0 Å². The zero-order chi connectivity index (χ0) is 22.6. The largest absolute Gasteiger partial charge is 0.372 e. The molecular weight excluding hydrogens is 404 g/mol. The second kappa shape index (κ2) is 8.90. The van der Waals surface area contributed by atoms with Crippen LogP contribution in [0.5, 0.6) is 0 Å². The van der Waals surface area contributed by atoms with Crippen LogP contribution < -0.4 is 5.43 Å². The van der Waals surface area contributed by atoms with Crippen LogP contribution in [0.2, 0.25) is 0 Å². The third kappa shape index (κ3) is 4.29. The molecule has 0 amide bonds. The molecule has 184 valence electrons. The Hall–Kier alpha value is -1.00. The van der Waals surface area contributed by atoms with Gasteiger partial charge in [-0.2, -0.15) is 0 Å². The number of rotatable bonds is 6. The van der Waals surface area contributed by atoms with Gasteiger partial charge in [0.2, 0.25) is 0 Å². The first-order valence-corrected chi connectivity index (χ1v) is 14.4. The Labute approximate surface area is 202 Å². The molecule has 0 aromatic carbocycles. The first kappa shape index (κ1) is 22.5. The van der Waals surface area contributed by atoms with Crippen LogP contribution in [-0.4, -0.2) is 59.6 Å². The Kier molecular flexibility index (Phi) is 6.06. The molecule has 4 aliphatic carbocycles. The third-order valence-corrected chi connectivity index (χ3v) is 11.0. The van der Waals surface area contributed by atoms with Gasteiger partial charge in [0.25, 0.3) is 0 Å². The lowest BCUT2D eigenvalue weighted by atomic mass is 9.67. The van der Waals surface area contributed by atoms with Gasteiger partial charge < -0.3 is 9.80 Å². The van der Waals surface area contributed by atoms with Gasteiger partial charge in [-0.05, 0) is 94.3 Å². The molecule has 2 saturated heterocycles. The summed E-state index contributed by atoms with van der Waals surface area (Å²) in [5.41, 5.74) is 7.08. The highest BCUT2D eigenvalue weighted by Crippen LogP contribution is 2.52. The van der Waals surface area contributed by atoms with E-state index in [-0.39, 0.29) is 0 Å². The van der Waals surface area contributed by atoms with E-state index in [1.165, 1.54) is 95.0 Å². The first-order valence-electron chi connectivity index (χ1n) is 14.4. The SMILES string of the molecule is C=C(C1CCC(C2CCC3CNN(C4CCC4)C3C2)CC1)N1CCN(C(=C)C2(C)CC2)CC1. The van der Waals surface area contributed by atoms with E-state index in [0.29, 0.717) is 5.41 Å². The van der Waals surface area contributed by atoms with Crippen LogP contribution in [0.25, 0.3) is 0 Å². The van der Waals surface area contributed by atoms with Gasteiger partial charge >= 0.3 is 0 Å². The van der Waals surface area contributed by atoms with Gasteiger partial charge in [0, 0.05) is 61.6 Å². The zero-order valence-electron chi connectivity index (χ0n) is 21.2. The van der Waals surface area contributed by atoms with E-state index in [1.807, 2.05) is 0 Å². The molecule has 4 heteroatoms. The molecule has 0 aromatic heterocycles. The summed E-state index contributed by atoms with van der Waals surface area (Å²) in [6, 6.07) is 1.69. The number of fused-ring (bicyclic) bond motifs is 1. The Balaban J connectivity index is 0.971. The lowest BCUT2D eigenvalue weighted by Crippen LogP contribution is -2.51. The van der Waals surface area contributed by atoms with E-state index in [1.54, 1.807) is 0 Å². The topological polar surface area (TPSA) is 21.8 Å². The van der Waals surface area contributed by atoms with E-state index in [9.17, 15) is 0 Å². The maximum absolute atomic E-state index is 4.63. The molecule has 6 aliphatic rings. The van der Waals surface area contributed by atoms with E-state index in [4.69, 9.17) is 0 Å². The van der Waals surface area contributed by atoms with Crippen molar-refractivity contribution in [2.75, 3.05) is 32.7 Å². The number of hydrogen-bond acceptors (Lipinski definition) is 4. The molecule has 0 radical (unpaired) electrons. The molecule has 0 spiro atoms. The van der Waals surface area contributed by atoms with Crippen LogP contribution >= 0.6 is 0 Å². The summed E-state index contributed by atoms with van der Waals surface area (Å²) in [5.74, 6) is 3.60. The molecule has 2 heterocycles. The van der Waals surface area contributed by atoms with Crippen LogP contribution in [0.1, 0.15) is 84.0 Å². The summed E-state index contributed by atoms with van der Waals surface area (Å²) in [7, 11) is 0. The molecule has 6 rings (SSSR count). The second-order valence-corrected chi connectivity index (χ2v) is 12.8. The van der Waals surface area contributed by atoms with E-state index in [0.717, 1.165) is 61.9 Å². The van der Waals surface area contributed by atoms with Gasteiger partial charge in [0.15, 0.2) is 0 Å². The average molecular weight is 453 g/mol. The van der Waals surface area contributed by atoms with Crippen LogP contribution in [0.3, 0.4) is 0 Å². The summed E-state index contributed by atoms with van der Waals surface area (Å²) in [6.07, 6.45) is 17.0. The van der Waals surface area contributed by atoms with Crippen molar-refractivity contribution >= 4 is 0 Å². The van der Waals surface area contributed by atoms with Gasteiger partial charge in [0.1, 0.15) is 0 Å². The highest BCUT2D eigenvalue weighted by atomic mass is 15.6. The van der Waals surface area contributed by atoms with Crippen LogP contribution in [0.4, 0.5) is 0 Å². The molecule has 3 unspecified atom stereocenters. The fraction of sp³-hybridized carbons (Fsp3) is 0.862. The summed E-state index contributed by atoms with van der Waals surface area (Å²) >= 11 is 0. The minimum atomic E-state index is 0.417. The Morgan fingerprint density at radius 1 is 0.788 bits per heavy atom. The quantitative estimate of drug-likeness (QED) is 0.583. The van der Waals surface area contributed by atoms with Crippen molar-refractivity contribution in [1.82, 2.24) is 20.2 Å². The smallest absolute Gasteiger partial charge is 0.0351 e. The van der Waals surface area contributed by atoms with Crippen LogP contribution in [0, 0.1) is 29.1 Å². The zero-order valence-corrected chi connectivity index (χ0v) is 21.2. The molecule has 4 nitrogen and oxygen atoms in total. The van der Waals surface area contributed by atoms with E-state index >= 15 is 0 Å². The third-order valence-electron chi connectivity index (χ3n) is 11.0. The highest BCUT2D eigenvalue weighted by Gasteiger charge is 2.45. The minimum Gasteiger partial charge on any atom is -0.372 e. The van der Waals surface area contributed by atoms with Crippen molar-refractivity contribution in [3.63, 3.8) is 0 Å². The van der Waals surface area contributed by atoms with Crippen molar-refractivity contribution in [2.45, 2.75) is 96.1 Å². The van der Waals surface area contributed by atoms with Crippen molar-refractivity contribution in [1.29, 1.82) is 0 Å². The molecule has 2 aliphatic heterocycles. The molecule has 0 bridgehead atoms. The summed E-state index contributed by atoms with van der Waals surface area (Å²) in [6.45, 7) is 17.3. The average Bonchev–Trinajstić information content (AvgIpc) is 3.45. The highest BCUT2D eigenvalue weighted by molar-refractivity contribution is 5.17. The second-order valence-electron chi connectivity index (χ2n) is 12.8. The van der Waals surface area contributed by atoms with Crippen molar-refractivity contribution in [3.8, 4) is 0 Å². The van der Waals surface area contributed by atoms with Crippen molar-refractivity contribution in [3.05, 3.63) is 24.6 Å². The molecule has 0 aromatic rings. The van der Waals surface area contributed by atoms with Crippen molar-refractivity contribution in [2.24, 2.45) is 29.1 Å². The van der Waals surface area contributed by atoms with Gasteiger partial charge in [-0.1, -0.05) is 26.5 Å². The maximum atomic E-state index is 4.63. The number of hydrogen-bond donors (Lipinski definition) is 1. The number of nitrogens with one attached hydrogen (secondary N) is 1. The Morgan fingerprint density at radius 2 is 1.42 bits per heavy atom. The first-order chi connectivity index (χ1) is 16.0. The molecular formula is C29H48N4. The number of allylic oxidation sites excluding steroid dienone is 2. The molecule has 1 N–H and O–H groups in total. The molecule has 6 fully saturated rings. The minimum absolute atomic E-state index is 0.417. The standard InChI is InChI=1S/C29H48N4/c1-21(31-15-17-32(18-16-31)22(2)29(3)13-14-29)23-7-9-24(10-8-23)25-11-12-26-20-30-33(28(26)19-25)27-5-4-6-27/h23-28,30H,1-2,4-20H2,3H3. The van der Waals surface area contributed by atoms with E-state index in [2.05, 4.69) is 40.3 Å². The van der Waals surface area contributed by atoms with Gasteiger partial charge in [-0.25, -0.2) is 5.01 Å². The lowest BCUT2D eigenvalue weighted by Gasteiger charge is -2.46. The summed E-state index contributed by atoms with van der Waals surface area (Å²) in [4.78, 5) is 5.19. The van der Waals surface area contributed by atoms with Crippen LogP contribution in [0.15, 0.2) is 24.6 Å². The van der Waals surface area contributed by atoms with E-state index < -0.39 is 0 Å². The predicted octanol–water partition coefficient (Wildman–Crippen LogP) is 5.40. The van der Waals surface area contributed by atoms with Gasteiger partial charge in [-0.3, -0.25) is 5.43 Å². The molecule has 3 atom stereocenters. The predicted molar refractivity (Wildman–Crippen MR) is 136 cm³/mol. The monoisotopic (exact) mass is 452 g/mol. The number of hydrazine groups is 1. The normalized spacial score (nSPS) is 39.1. The number of piperazine rings is 1.